The van der Waals surface area contributed by atoms with E-state index in [1.54, 1.807) is 12.3 Å². The van der Waals surface area contributed by atoms with Gasteiger partial charge in [0.05, 0.1) is 15.1 Å². The van der Waals surface area contributed by atoms with Gasteiger partial charge in [-0.15, -0.1) is 0 Å². The van der Waals surface area contributed by atoms with E-state index in [9.17, 15) is 0 Å². The van der Waals surface area contributed by atoms with Crippen LogP contribution >= 0.6 is 34.8 Å². The van der Waals surface area contributed by atoms with Crippen LogP contribution in [0, 0.1) is 0 Å². The van der Waals surface area contributed by atoms with Gasteiger partial charge in [-0.1, -0.05) is 40.9 Å². The van der Waals surface area contributed by atoms with Crippen LogP contribution < -0.4 is 10.5 Å². The second-order valence-corrected chi connectivity index (χ2v) is 5.03. The van der Waals surface area contributed by atoms with E-state index in [4.69, 9.17) is 45.3 Å². The Balaban J connectivity index is 2.33. The molecule has 2 aromatic rings. The minimum atomic E-state index is 0.373. The van der Waals surface area contributed by atoms with E-state index in [0.717, 1.165) is 5.56 Å². The minimum absolute atomic E-state index is 0.373. The Morgan fingerprint density at radius 2 is 1.84 bits per heavy atom. The Labute approximate surface area is 126 Å². The first-order valence-electron chi connectivity index (χ1n) is 5.58. The van der Waals surface area contributed by atoms with Gasteiger partial charge in [0.2, 0.25) is 5.88 Å². The topological polar surface area (TPSA) is 48.1 Å². The fraction of sp³-hybridized carbons (Fsp3) is 0.154. The molecule has 0 bridgehead atoms. The number of pyridine rings is 1. The van der Waals surface area contributed by atoms with Gasteiger partial charge in [-0.3, -0.25) is 0 Å². The monoisotopic (exact) mass is 316 g/mol. The van der Waals surface area contributed by atoms with E-state index in [-0.39, 0.29) is 0 Å². The van der Waals surface area contributed by atoms with Gasteiger partial charge >= 0.3 is 0 Å². The lowest BCUT2D eigenvalue weighted by Crippen LogP contribution is -2.04. The molecule has 0 atom stereocenters. The molecule has 2 N–H and O–H groups in total. The summed E-state index contributed by atoms with van der Waals surface area (Å²) in [5, 5.41) is 1.12. The molecule has 0 unspecified atom stereocenters. The molecular weight excluding hydrogens is 307 g/mol. The summed E-state index contributed by atoms with van der Waals surface area (Å²) >= 11 is 17.9. The lowest BCUT2D eigenvalue weighted by molar-refractivity contribution is 0.456. The zero-order valence-corrected chi connectivity index (χ0v) is 12.1. The first-order valence-corrected chi connectivity index (χ1v) is 6.71. The molecule has 1 aromatic carbocycles. The second-order valence-electron chi connectivity index (χ2n) is 3.81. The average Bonchev–Trinajstić information content (AvgIpc) is 2.38. The van der Waals surface area contributed by atoms with Crippen molar-refractivity contribution in [3.05, 3.63) is 51.1 Å². The Kier molecular flexibility index (Phi) is 4.88. The molecule has 0 saturated heterocycles. The van der Waals surface area contributed by atoms with E-state index in [0.29, 0.717) is 39.7 Å². The lowest BCUT2D eigenvalue weighted by atomic mass is 10.2. The number of hydrogen-bond acceptors (Lipinski definition) is 3. The standard InChI is InChI=1S/C13H11Cl3N2O/c14-9-6-11(16)12(7-10(9)15)19-13-8(3-4-17)2-1-5-18-13/h1-2,5-7H,3-4,17H2. The number of ether oxygens (including phenoxy) is 1. The minimum Gasteiger partial charge on any atom is -0.437 e. The predicted molar refractivity (Wildman–Crippen MR) is 78.5 cm³/mol. The normalized spacial score (nSPS) is 10.5. The summed E-state index contributed by atoms with van der Waals surface area (Å²) in [7, 11) is 0. The summed E-state index contributed by atoms with van der Waals surface area (Å²) in [5.74, 6) is 0.876. The van der Waals surface area contributed by atoms with Crippen molar-refractivity contribution < 1.29 is 4.74 Å². The predicted octanol–water partition coefficient (Wildman–Crippen LogP) is 4.34. The highest BCUT2D eigenvalue weighted by Gasteiger charge is 2.11. The zero-order valence-electron chi connectivity index (χ0n) is 9.87. The van der Waals surface area contributed by atoms with Crippen LogP contribution in [0.3, 0.4) is 0 Å². The second kappa shape index (κ2) is 6.44. The van der Waals surface area contributed by atoms with E-state index < -0.39 is 0 Å². The zero-order chi connectivity index (χ0) is 13.8. The van der Waals surface area contributed by atoms with Crippen LogP contribution in [-0.2, 0) is 6.42 Å². The fourth-order valence-electron chi connectivity index (χ4n) is 1.55. The summed E-state index contributed by atoms with van der Waals surface area (Å²) in [4.78, 5) is 4.17. The molecular formula is C13H11Cl3N2O. The van der Waals surface area contributed by atoms with Crippen molar-refractivity contribution >= 4 is 34.8 Å². The summed E-state index contributed by atoms with van der Waals surface area (Å²) in [6.45, 7) is 0.511. The third-order valence-corrected chi connectivity index (χ3v) is 3.46. The van der Waals surface area contributed by atoms with Crippen molar-refractivity contribution in [2.45, 2.75) is 6.42 Å². The maximum atomic E-state index is 6.06. The van der Waals surface area contributed by atoms with Crippen LogP contribution in [0.25, 0.3) is 0 Å². The highest BCUT2D eigenvalue weighted by molar-refractivity contribution is 6.43. The maximum Gasteiger partial charge on any atom is 0.222 e. The van der Waals surface area contributed by atoms with E-state index in [1.807, 2.05) is 12.1 Å². The number of aromatic nitrogens is 1. The Morgan fingerprint density at radius 3 is 2.58 bits per heavy atom. The first kappa shape index (κ1) is 14.4. The molecule has 6 heteroatoms. The van der Waals surface area contributed by atoms with Crippen molar-refractivity contribution in [2.24, 2.45) is 5.73 Å². The molecule has 0 fully saturated rings. The summed E-state index contributed by atoms with van der Waals surface area (Å²) in [6, 6.07) is 6.83. The first-order chi connectivity index (χ1) is 9.11. The number of halogens is 3. The van der Waals surface area contributed by atoms with Gasteiger partial charge in [-0.25, -0.2) is 4.98 Å². The summed E-state index contributed by atoms with van der Waals surface area (Å²) in [6.07, 6.45) is 2.31. The highest BCUT2D eigenvalue weighted by atomic mass is 35.5. The third-order valence-electron chi connectivity index (χ3n) is 2.45. The van der Waals surface area contributed by atoms with Crippen molar-refractivity contribution in [1.82, 2.24) is 4.98 Å². The molecule has 2 rings (SSSR count). The molecule has 1 aromatic heterocycles. The molecule has 0 aliphatic carbocycles. The highest BCUT2D eigenvalue weighted by Crippen LogP contribution is 2.36. The smallest absolute Gasteiger partial charge is 0.222 e. The number of nitrogens with two attached hydrogens (primary N) is 1. The number of nitrogens with zero attached hydrogens (tertiary/aromatic N) is 1. The molecule has 0 aliphatic heterocycles. The maximum absolute atomic E-state index is 6.06. The number of benzene rings is 1. The largest absolute Gasteiger partial charge is 0.437 e. The molecule has 0 spiro atoms. The molecule has 1 heterocycles. The SMILES string of the molecule is NCCc1cccnc1Oc1cc(Cl)c(Cl)cc1Cl. The molecule has 3 nitrogen and oxygen atoms in total. The molecule has 0 amide bonds. The Bertz CT molecular complexity index is 590. The Hall–Kier alpha value is -1.000. The fourth-order valence-corrected chi connectivity index (χ4v) is 2.12. The van der Waals surface area contributed by atoms with Crippen LogP contribution in [0.2, 0.25) is 15.1 Å². The van der Waals surface area contributed by atoms with Gasteiger partial charge in [0, 0.05) is 17.8 Å². The van der Waals surface area contributed by atoms with Gasteiger partial charge in [0.25, 0.3) is 0 Å². The van der Waals surface area contributed by atoms with Crippen molar-refractivity contribution in [2.75, 3.05) is 6.54 Å². The van der Waals surface area contributed by atoms with Gasteiger partial charge in [0.1, 0.15) is 5.75 Å². The summed E-state index contributed by atoms with van der Waals surface area (Å²) < 4.78 is 5.69. The van der Waals surface area contributed by atoms with E-state index >= 15 is 0 Å². The van der Waals surface area contributed by atoms with Crippen molar-refractivity contribution in [3.8, 4) is 11.6 Å². The van der Waals surface area contributed by atoms with E-state index in [2.05, 4.69) is 4.98 Å². The Morgan fingerprint density at radius 1 is 1.11 bits per heavy atom. The van der Waals surface area contributed by atoms with Crippen molar-refractivity contribution in [1.29, 1.82) is 0 Å². The van der Waals surface area contributed by atoms with Gasteiger partial charge in [-0.05, 0) is 25.1 Å². The van der Waals surface area contributed by atoms with E-state index in [1.165, 1.54) is 6.07 Å². The van der Waals surface area contributed by atoms with Gasteiger partial charge in [0.15, 0.2) is 0 Å². The van der Waals surface area contributed by atoms with Crippen LogP contribution in [-0.4, -0.2) is 11.5 Å². The van der Waals surface area contributed by atoms with Gasteiger partial charge in [-0.2, -0.15) is 0 Å². The molecule has 19 heavy (non-hydrogen) atoms. The number of hydrogen-bond donors (Lipinski definition) is 1. The molecule has 0 aliphatic rings. The molecule has 0 saturated carbocycles. The summed E-state index contributed by atoms with van der Waals surface area (Å²) in [5.41, 5.74) is 6.46. The molecule has 100 valence electrons. The van der Waals surface area contributed by atoms with Crippen LogP contribution in [0.4, 0.5) is 0 Å². The van der Waals surface area contributed by atoms with Crippen molar-refractivity contribution in [3.63, 3.8) is 0 Å². The van der Waals surface area contributed by atoms with Crippen LogP contribution in [0.1, 0.15) is 5.56 Å². The van der Waals surface area contributed by atoms with Crippen LogP contribution in [0.15, 0.2) is 30.5 Å². The lowest BCUT2D eigenvalue weighted by Gasteiger charge is -2.11. The number of rotatable bonds is 4. The molecule has 0 radical (unpaired) electrons. The van der Waals surface area contributed by atoms with Crippen LogP contribution in [0.5, 0.6) is 11.6 Å². The average molecular weight is 318 g/mol. The third kappa shape index (κ3) is 3.51. The van der Waals surface area contributed by atoms with Gasteiger partial charge < -0.3 is 10.5 Å². The quantitative estimate of drug-likeness (QED) is 0.854.